The van der Waals surface area contributed by atoms with E-state index in [0.717, 1.165) is 16.0 Å². The highest BCUT2D eigenvalue weighted by Crippen LogP contribution is 2.41. The van der Waals surface area contributed by atoms with E-state index in [4.69, 9.17) is 11.6 Å². The molecule has 4 rings (SSSR count). The molecule has 2 N–H and O–H groups in total. The molecule has 26 heavy (non-hydrogen) atoms. The molecule has 1 spiro atoms. The number of imide groups is 1. The van der Waals surface area contributed by atoms with Crippen LogP contribution in [-0.2, 0) is 21.5 Å². The van der Waals surface area contributed by atoms with Crippen LogP contribution in [0.4, 0.5) is 10.5 Å². The van der Waals surface area contributed by atoms with E-state index in [1.807, 2.05) is 24.3 Å². The Morgan fingerprint density at radius 1 is 1.15 bits per heavy atom. The normalized spacial score (nSPS) is 21.0. The number of hydrogen-bond donors (Lipinski definition) is 2. The molecule has 0 bridgehead atoms. The topological polar surface area (TPSA) is 78.5 Å². The van der Waals surface area contributed by atoms with Crippen LogP contribution in [0.15, 0.2) is 48.5 Å². The maximum absolute atomic E-state index is 13.0. The minimum Gasteiger partial charge on any atom is -0.325 e. The lowest BCUT2D eigenvalue weighted by molar-refractivity contribution is -0.134. The van der Waals surface area contributed by atoms with Crippen molar-refractivity contribution in [2.75, 3.05) is 11.9 Å². The van der Waals surface area contributed by atoms with Crippen molar-refractivity contribution >= 4 is 35.1 Å². The number of fused-ring (bicyclic) bond motifs is 2. The zero-order chi connectivity index (χ0) is 18.3. The molecule has 1 unspecified atom stereocenters. The number of halogens is 1. The van der Waals surface area contributed by atoms with Gasteiger partial charge in [-0.25, -0.2) is 4.79 Å². The minimum absolute atomic E-state index is 0.336. The van der Waals surface area contributed by atoms with Crippen LogP contribution in [0.1, 0.15) is 17.5 Å². The van der Waals surface area contributed by atoms with Gasteiger partial charge in [0.15, 0.2) is 0 Å². The highest BCUT2D eigenvalue weighted by Gasteiger charge is 2.55. The van der Waals surface area contributed by atoms with Crippen molar-refractivity contribution in [1.82, 2.24) is 10.2 Å². The van der Waals surface area contributed by atoms with E-state index >= 15 is 0 Å². The minimum atomic E-state index is -1.05. The van der Waals surface area contributed by atoms with Crippen molar-refractivity contribution in [1.29, 1.82) is 0 Å². The summed E-state index contributed by atoms with van der Waals surface area (Å²) in [6.07, 6.45) is 1.22. The zero-order valence-corrected chi connectivity index (χ0v) is 14.5. The summed E-state index contributed by atoms with van der Waals surface area (Å²) in [7, 11) is 0. The Labute approximate surface area is 155 Å². The quantitative estimate of drug-likeness (QED) is 0.816. The molecule has 0 radical (unpaired) electrons. The lowest BCUT2D eigenvalue weighted by atomic mass is 9.92. The van der Waals surface area contributed by atoms with E-state index in [-0.39, 0.29) is 12.5 Å². The molecule has 4 amide bonds. The third-order valence-electron chi connectivity index (χ3n) is 4.85. The van der Waals surface area contributed by atoms with Crippen LogP contribution in [0.5, 0.6) is 0 Å². The molecular weight excluding hydrogens is 354 g/mol. The van der Waals surface area contributed by atoms with Gasteiger partial charge < -0.3 is 10.6 Å². The maximum atomic E-state index is 13.0. The second-order valence-electron chi connectivity index (χ2n) is 6.44. The first-order valence-electron chi connectivity index (χ1n) is 8.27. The van der Waals surface area contributed by atoms with Crippen LogP contribution in [0, 0.1) is 0 Å². The van der Waals surface area contributed by atoms with Gasteiger partial charge in [0.25, 0.3) is 5.91 Å². The van der Waals surface area contributed by atoms with Crippen LogP contribution < -0.4 is 10.6 Å². The van der Waals surface area contributed by atoms with E-state index in [0.29, 0.717) is 23.6 Å². The summed E-state index contributed by atoms with van der Waals surface area (Å²) >= 11 is 5.82. The lowest BCUT2D eigenvalue weighted by Gasteiger charge is -2.22. The first-order valence-corrected chi connectivity index (χ1v) is 8.65. The number of benzene rings is 2. The fraction of sp³-hybridized carbons (Fsp3) is 0.211. The first kappa shape index (κ1) is 16.6. The maximum Gasteiger partial charge on any atom is 0.325 e. The van der Waals surface area contributed by atoms with E-state index in [9.17, 15) is 14.4 Å². The van der Waals surface area contributed by atoms with Crippen molar-refractivity contribution in [2.24, 2.45) is 0 Å². The second kappa shape index (κ2) is 6.14. The van der Waals surface area contributed by atoms with Gasteiger partial charge in [-0.1, -0.05) is 35.9 Å². The Kier molecular flexibility index (Phi) is 3.92. The SMILES string of the molecule is O=C(CN1C(=O)NC2(CCc3ccccc32)C1=O)Nc1ccc(Cl)cc1. The fourth-order valence-corrected chi connectivity index (χ4v) is 3.74. The molecule has 1 atom stereocenters. The van der Waals surface area contributed by atoms with E-state index < -0.39 is 17.5 Å². The molecule has 1 heterocycles. The average molecular weight is 370 g/mol. The van der Waals surface area contributed by atoms with Gasteiger partial charge in [-0.05, 0) is 48.2 Å². The Morgan fingerprint density at radius 2 is 1.88 bits per heavy atom. The fourth-order valence-electron chi connectivity index (χ4n) is 3.61. The molecule has 0 saturated carbocycles. The van der Waals surface area contributed by atoms with Gasteiger partial charge in [0.2, 0.25) is 5.91 Å². The molecular formula is C19H16ClN3O3. The van der Waals surface area contributed by atoms with Crippen LogP contribution in [-0.4, -0.2) is 29.3 Å². The smallest absolute Gasteiger partial charge is 0.325 e. The number of nitrogens with one attached hydrogen (secondary N) is 2. The average Bonchev–Trinajstić information content (AvgIpc) is 3.11. The Bertz CT molecular complexity index is 913. The largest absolute Gasteiger partial charge is 0.325 e. The lowest BCUT2D eigenvalue weighted by Crippen LogP contribution is -2.42. The molecule has 6 nitrogen and oxygen atoms in total. The number of hydrogen-bond acceptors (Lipinski definition) is 3. The predicted octanol–water partition coefficient (Wildman–Crippen LogP) is 2.67. The number of carbonyl (C=O) groups is 3. The molecule has 2 aliphatic rings. The van der Waals surface area contributed by atoms with Crippen molar-refractivity contribution in [3.63, 3.8) is 0 Å². The van der Waals surface area contributed by atoms with Crippen molar-refractivity contribution in [3.05, 3.63) is 64.7 Å². The molecule has 1 saturated heterocycles. The molecule has 2 aromatic rings. The first-order chi connectivity index (χ1) is 12.5. The van der Waals surface area contributed by atoms with Gasteiger partial charge in [-0.2, -0.15) is 0 Å². The number of anilines is 1. The van der Waals surface area contributed by atoms with Gasteiger partial charge in [-0.3, -0.25) is 14.5 Å². The molecule has 1 aliphatic heterocycles. The Balaban J connectivity index is 1.52. The number of amides is 4. The standard InChI is InChI=1S/C19H16ClN3O3/c20-13-5-7-14(8-6-13)21-16(24)11-23-17(25)19(22-18(23)26)10-9-12-3-1-2-4-15(12)19/h1-8H,9-11H2,(H,21,24)(H,22,26). The van der Waals surface area contributed by atoms with Gasteiger partial charge >= 0.3 is 6.03 Å². The Hall–Kier alpha value is -2.86. The van der Waals surface area contributed by atoms with Gasteiger partial charge in [0.05, 0.1) is 0 Å². The zero-order valence-electron chi connectivity index (χ0n) is 13.8. The van der Waals surface area contributed by atoms with Crippen LogP contribution in [0.25, 0.3) is 0 Å². The molecule has 132 valence electrons. The van der Waals surface area contributed by atoms with Crippen molar-refractivity contribution in [3.8, 4) is 0 Å². The van der Waals surface area contributed by atoms with Crippen LogP contribution in [0.3, 0.4) is 0 Å². The predicted molar refractivity (Wildman–Crippen MR) is 96.8 cm³/mol. The molecule has 7 heteroatoms. The van der Waals surface area contributed by atoms with Gasteiger partial charge in [-0.15, -0.1) is 0 Å². The Morgan fingerprint density at radius 3 is 2.65 bits per heavy atom. The summed E-state index contributed by atoms with van der Waals surface area (Å²) in [6, 6.07) is 13.6. The highest BCUT2D eigenvalue weighted by atomic mass is 35.5. The van der Waals surface area contributed by atoms with Crippen molar-refractivity contribution < 1.29 is 14.4 Å². The van der Waals surface area contributed by atoms with Crippen molar-refractivity contribution in [2.45, 2.75) is 18.4 Å². The van der Waals surface area contributed by atoms with Gasteiger partial charge in [0, 0.05) is 10.7 Å². The van der Waals surface area contributed by atoms with E-state index in [1.54, 1.807) is 24.3 Å². The third kappa shape index (κ3) is 2.63. The highest BCUT2D eigenvalue weighted by molar-refractivity contribution is 6.30. The van der Waals surface area contributed by atoms with Crippen LogP contribution >= 0.6 is 11.6 Å². The van der Waals surface area contributed by atoms with E-state index in [2.05, 4.69) is 10.6 Å². The number of nitrogens with zero attached hydrogens (tertiary/aromatic N) is 1. The number of carbonyl (C=O) groups excluding carboxylic acids is 3. The number of urea groups is 1. The number of rotatable bonds is 3. The summed E-state index contributed by atoms with van der Waals surface area (Å²) in [5, 5.41) is 6.02. The number of aryl methyl sites for hydroxylation is 1. The third-order valence-corrected chi connectivity index (χ3v) is 5.10. The summed E-state index contributed by atoms with van der Waals surface area (Å²) < 4.78 is 0. The van der Waals surface area contributed by atoms with Gasteiger partial charge in [0.1, 0.15) is 12.1 Å². The van der Waals surface area contributed by atoms with Crippen LogP contribution in [0.2, 0.25) is 5.02 Å². The second-order valence-corrected chi connectivity index (χ2v) is 6.88. The molecule has 0 aromatic heterocycles. The summed E-state index contributed by atoms with van der Waals surface area (Å²) in [5.74, 6) is -0.821. The molecule has 1 fully saturated rings. The molecule has 1 aliphatic carbocycles. The summed E-state index contributed by atoms with van der Waals surface area (Å²) in [4.78, 5) is 38.6. The monoisotopic (exact) mass is 369 g/mol. The summed E-state index contributed by atoms with van der Waals surface area (Å²) in [5.41, 5.74) is 1.37. The summed E-state index contributed by atoms with van der Waals surface area (Å²) in [6.45, 7) is -0.336. The van der Waals surface area contributed by atoms with E-state index in [1.165, 1.54) is 0 Å². The molecule has 2 aromatic carbocycles.